The van der Waals surface area contributed by atoms with Gasteiger partial charge in [-0.25, -0.2) is 9.59 Å². The lowest BCUT2D eigenvalue weighted by Gasteiger charge is -2.15. The van der Waals surface area contributed by atoms with Crippen LogP contribution in [0.25, 0.3) is 10.8 Å². The SMILES string of the molecule is C=C(C)C(=O)OCCOCCNC(=O)Oc1c(C)cc(Oc2ccccc2)c2ccccc12. The number of rotatable bonds is 10. The average Bonchev–Trinajstić information content (AvgIpc) is 2.81. The number of carbonyl (C=O) groups is 2. The molecule has 0 aromatic heterocycles. The van der Waals surface area contributed by atoms with Crippen molar-refractivity contribution >= 4 is 22.8 Å². The predicted octanol–water partition coefficient (Wildman–Crippen LogP) is 5.16. The number of carbonyl (C=O) groups excluding carboxylic acids is 2. The van der Waals surface area contributed by atoms with Gasteiger partial charge in [-0.05, 0) is 37.6 Å². The van der Waals surface area contributed by atoms with Gasteiger partial charge in [0.2, 0.25) is 0 Å². The van der Waals surface area contributed by atoms with Crippen molar-refractivity contribution in [1.29, 1.82) is 0 Å². The van der Waals surface area contributed by atoms with E-state index in [2.05, 4.69) is 11.9 Å². The summed E-state index contributed by atoms with van der Waals surface area (Å²) in [6.45, 7) is 7.79. The molecule has 0 unspecified atom stereocenters. The van der Waals surface area contributed by atoms with Crippen LogP contribution >= 0.6 is 0 Å². The van der Waals surface area contributed by atoms with Crippen molar-refractivity contribution in [3.05, 3.63) is 78.4 Å². The van der Waals surface area contributed by atoms with Gasteiger partial charge in [-0.15, -0.1) is 0 Å². The van der Waals surface area contributed by atoms with Crippen LogP contribution in [0.15, 0.2) is 72.8 Å². The van der Waals surface area contributed by atoms with Gasteiger partial charge in [-0.2, -0.15) is 0 Å². The molecule has 0 aliphatic carbocycles. The van der Waals surface area contributed by atoms with Gasteiger partial charge in [0.25, 0.3) is 0 Å². The first-order valence-electron chi connectivity index (χ1n) is 10.6. The standard InChI is InChI=1S/C26H27NO6/c1-18(2)25(28)31-16-15-30-14-13-27-26(29)33-24-19(3)17-23(21-11-7-8-12-22(21)24)32-20-9-5-4-6-10-20/h4-12,17H,1,13-16H2,2-3H3,(H,27,29). The molecule has 0 spiro atoms. The first-order valence-corrected chi connectivity index (χ1v) is 10.6. The van der Waals surface area contributed by atoms with Crippen molar-refractivity contribution < 1.29 is 28.5 Å². The van der Waals surface area contributed by atoms with E-state index in [9.17, 15) is 9.59 Å². The summed E-state index contributed by atoms with van der Waals surface area (Å²) >= 11 is 0. The molecule has 0 heterocycles. The van der Waals surface area contributed by atoms with Gasteiger partial charge in [0.1, 0.15) is 23.9 Å². The maximum atomic E-state index is 12.3. The Hall–Kier alpha value is -3.84. The van der Waals surface area contributed by atoms with Crippen LogP contribution in [0.4, 0.5) is 4.79 Å². The Bertz CT molecular complexity index is 1130. The van der Waals surface area contributed by atoms with E-state index < -0.39 is 12.1 Å². The molecule has 0 atom stereocenters. The van der Waals surface area contributed by atoms with E-state index in [1.54, 1.807) is 6.92 Å². The molecule has 172 valence electrons. The minimum absolute atomic E-state index is 0.124. The van der Waals surface area contributed by atoms with Crippen LogP contribution in [-0.2, 0) is 14.3 Å². The molecule has 0 aliphatic rings. The molecule has 3 rings (SSSR count). The van der Waals surface area contributed by atoms with Gasteiger partial charge in [0.15, 0.2) is 0 Å². The van der Waals surface area contributed by atoms with Crippen LogP contribution in [0.3, 0.4) is 0 Å². The van der Waals surface area contributed by atoms with E-state index in [4.69, 9.17) is 18.9 Å². The number of para-hydroxylation sites is 1. The van der Waals surface area contributed by atoms with E-state index in [0.717, 1.165) is 22.1 Å². The molecule has 3 aromatic carbocycles. The Morgan fingerprint density at radius 2 is 1.64 bits per heavy atom. The van der Waals surface area contributed by atoms with Crippen LogP contribution in [0.1, 0.15) is 12.5 Å². The lowest BCUT2D eigenvalue weighted by molar-refractivity contribution is -0.140. The molecule has 3 aromatic rings. The zero-order valence-corrected chi connectivity index (χ0v) is 18.8. The summed E-state index contributed by atoms with van der Waals surface area (Å²) < 4.78 is 21.9. The third kappa shape index (κ3) is 6.82. The maximum absolute atomic E-state index is 12.3. The van der Waals surface area contributed by atoms with Crippen molar-refractivity contribution in [2.75, 3.05) is 26.4 Å². The van der Waals surface area contributed by atoms with E-state index >= 15 is 0 Å². The number of fused-ring (bicyclic) bond motifs is 1. The van der Waals surface area contributed by atoms with Gasteiger partial charge in [0, 0.05) is 22.9 Å². The number of hydrogen-bond donors (Lipinski definition) is 1. The van der Waals surface area contributed by atoms with Crippen molar-refractivity contribution in [3.8, 4) is 17.2 Å². The number of ether oxygens (including phenoxy) is 4. The molecule has 0 bridgehead atoms. The summed E-state index contributed by atoms with van der Waals surface area (Å²) in [4.78, 5) is 23.6. The molecule has 1 amide bonds. The molecule has 7 heteroatoms. The topological polar surface area (TPSA) is 83.1 Å². The fourth-order valence-corrected chi connectivity index (χ4v) is 3.06. The largest absolute Gasteiger partial charge is 0.460 e. The van der Waals surface area contributed by atoms with Crippen molar-refractivity contribution in [2.45, 2.75) is 13.8 Å². The summed E-state index contributed by atoms with van der Waals surface area (Å²) in [6, 6.07) is 19.0. The van der Waals surface area contributed by atoms with Crippen LogP contribution in [0.5, 0.6) is 17.2 Å². The molecule has 1 N–H and O–H groups in total. The van der Waals surface area contributed by atoms with Crippen molar-refractivity contribution in [1.82, 2.24) is 5.32 Å². The minimum Gasteiger partial charge on any atom is -0.460 e. The molecular weight excluding hydrogens is 422 g/mol. The van der Waals surface area contributed by atoms with Gasteiger partial charge in [-0.1, -0.05) is 49.0 Å². The number of esters is 1. The molecule has 0 aliphatic heterocycles. The summed E-state index contributed by atoms with van der Waals surface area (Å²) in [6.07, 6.45) is -0.586. The number of benzene rings is 3. The van der Waals surface area contributed by atoms with Crippen molar-refractivity contribution in [2.24, 2.45) is 0 Å². The predicted molar refractivity (Wildman–Crippen MR) is 126 cm³/mol. The maximum Gasteiger partial charge on any atom is 0.412 e. The summed E-state index contributed by atoms with van der Waals surface area (Å²) in [5.41, 5.74) is 1.10. The lowest BCUT2D eigenvalue weighted by Crippen LogP contribution is -2.30. The molecular formula is C26H27NO6. The molecule has 0 radical (unpaired) electrons. The Morgan fingerprint density at radius 1 is 0.939 bits per heavy atom. The zero-order chi connectivity index (χ0) is 23.6. The second-order valence-electron chi connectivity index (χ2n) is 7.33. The number of nitrogens with one attached hydrogen (secondary N) is 1. The highest BCUT2D eigenvalue weighted by molar-refractivity contribution is 5.96. The normalized spacial score (nSPS) is 10.5. The fraction of sp³-hybridized carbons (Fsp3) is 0.231. The fourth-order valence-electron chi connectivity index (χ4n) is 3.06. The van der Waals surface area contributed by atoms with E-state index in [1.807, 2.05) is 67.6 Å². The van der Waals surface area contributed by atoms with E-state index in [0.29, 0.717) is 17.1 Å². The Kier molecular flexibility index (Phi) is 8.43. The van der Waals surface area contributed by atoms with E-state index in [1.165, 1.54) is 0 Å². The Morgan fingerprint density at radius 3 is 2.36 bits per heavy atom. The molecule has 0 fully saturated rings. The number of aryl methyl sites for hydroxylation is 1. The monoisotopic (exact) mass is 449 g/mol. The highest BCUT2D eigenvalue weighted by atomic mass is 16.6. The minimum atomic E-state index is -0.586. The lowest BCUT2D eigenvalue weighted by atomic mass is 10.0. The van der Waals surface area contributed by atoms with Crippen molar-refractivity contribution in [3.63, 3.8) is 0 Å². The number of amides is 1. The third-order valence-corrected chi connectivity index (χ3v) is 4.63. The average molecular weight is 450 g/mol. The van der Waals surface area contributed by atoms with Gasteiger partial charge >= 0.3 is 12.1 Å². The molecule has 0 saturated carbocycles. The highest BCUT2D eigenvalue weighted by Crippen LogP contribution is 2.38. The Labute approximate surface area is 192 Å². The highest BCUT2D eigenvalue weighted by Gasteiger charge is 2.15. The van der Waals surface area contributed by atoms with Crippen LogP contribution < -0.4 is 14.8 Å². The molecule has 33 heavy (non-hydrogen) atoms. The van der Waals surface area contributed by atoms with E-state index in [-0.39, 0.29) is 26.4 Å². The molecule has 0 saturated heterocycles. The summed E-state index contributed by atoms with van der Waals surface area (Å²) in [5.74, 6) is 1.42. The van der Waals surface area contributed by atoms with Crippen LogP contribution in [0, 0.1) is 6.92 Å². The second kappa shape index (κ2) is 11.7. The summed E-state index contributed by atoms with van der Waals surface area (Å²) in [7, 11) is 0. The first kappa shape index (κ1) is 23.8. The van der Waals surface area contributed by atoms with Gasteiger partial charge in [-0.3, -0.25) is 0 Å². The first-order chi connectivity index (χ1) is 16.0. The van der Waals surface area contributed by atoms with Crippen LogP contribution in [0.2, 0.25) is 0 Å². The third-order valence-electron chi connectivity index (χ3n) is 4.63. The summed E-state index contributed by atoms with van der Waals surface area (Å²) in [5, 5.41) is 4.26. The Balaban J connectivity index is 1.56. The second-order valence-corrected chi connectivity index (χ2v) is 7.33. The van der Waals surface area contributed by atoms with Crippen LogP contribution in [-0.4, -0.2) is 38.4 Å². The van der Waals surface area contributed by atoms with Gasteiger partial charge < -0.3 is 24.3 Å². The number of hydrogen-bond acceptors (Lipinski definition) is 6. The smallest absolute Gasteiger partial charge is 0.412 e. The van der Waals surface area contributed by atoms with Gasteiger partial charge in [0.05, 0.1) is 13.2 Å². The molecule has 7 nitrogen and oxygen atoms in total. The zero-order valence-electron chi connectivity index (χ0n) is 18.8. The quantitative estimate of drug-likeness (QED) is 0.261.